The number of halogens is 1. The number of ether oxygens (including phenoxy) is 1. The Kier molecular flexibility index (Phi) is 4.76. The van der Waals surface area contributed by atoms with Crippen LogP contribution in [0.2, 0.25) is 0 Å². The molecule has 5 rings (SSSR count). The second-order valence-electron chi connectivity index (χ2n) is 8.13. The van der Waals surface area contributed by atoms with Crippen molar-refractivity contribution in [1.29, 1.82) is 0 Å². The second-order valence-corrected chi connectivity index (χ2v) is 8.50. The van der Waals surface area contributed by atoms with Gasteiger partial charge in [-0.15, -0.1) is 0 Å². The first-order valence-corrected chi connectivity index (χ1v) is 10.7. The molecule has 8 heteroatoms. The molecule has 0 radical (unpaired) electrons. The molecule has 3 aliphatic rings. The predicted molar refractivity (Wildman–Crippen MR) is 110 cm³/mol. The standard InChI is InChI=1S/C21H25ClN4O3/c22-26-13-15(14-6-2-3-7-17(14)26)21(20(28)25-10-4-1-5-11-25)19(27)24-16-12-23-9-8-18(16)29-21/h2-3,6-7,13,16,18,23H,1,4-5,8-12H2,(H,24,27). The summed E-state index contributed by atoms with van der Waals surface area (Å²) in [6.07, 6.45) is 5.16. The van der Waals surface area contributed by atoms with Gasteiger partial charge in [-0.3, -0.25) is 13.7 Å². The van der Waals surface area contributed by atoms with Crippen molar-refractivity contribution in [2.24, 2.45) is 0 Å². The number of carbonyl (C=O) groups excluding carboxylic acids is 2. The highest BCUT2D eigenvalue weighted by molar-refractivity contribution is 6.21. The Morgan fingerprint density at radius 1 is 1.21 bits per heavy atom. The fraction of sp³-hybridized carbons (Fsp3) is 0.524. The van der Waals surface area contributed by atoms with Crippen molar-refractivity contribution in [2.45, 2.75) is 43.4 Å². The zero-order valence-electron chi connectivity index (χ0n) is 16.2. The number of likely N-dealkylation sites (tertiary alicyclic amines) is 1. The summed E-state index contributed by atoms with van der Waals surface area (Å²) in [5, 5.41) is 7.12. The lowest BCUT2D eigenvalue weighted by Crippen LogP contribution is -2.69. The van der Waals surface area contributed by atoms with Crippen molar-refractivity contribution in [3.05, 3.63) is 36.0 Å². The summed E-state index contributed by atoms with van der Waals surface area (Å²) in [7, 11) is 0. The van der Waals surface area contributed by atoms with Gasteiger partial charge in [-0.1, -0.05) is 18.2 Å². The van der Waals surface area contributed by atoms with Crippen LogP contribution in [-0.2, 0) is 19.9 Å². The first-order chi connectivity index (χ1) is 14.1. The molecule has 4 heterocycles. The van der Waals surface area contributed by atoms with Gasteiger partial charge in [0.15, 0.2) is 0 Å². The number of para-hydroxylation sites is 1. The maximum atomic E-state index is 13.9. The Hall–Kier alpha value is -2.09. The van der Waals surface area contributed by atoms with Crippen molar-refractivity contribution in [2.75, 3.05) is 26.2 Å². The topological polar surface area (TPSA) is 75.6 Å². The Morgan fingerprint density at radius 2 is 2.00 bits per heavy atom. The van der Waals surface area contributed by atoms with E-state index in [0.717, 1.165) is 43.1 Å². The average Bonchev–Trinajstić information content (AvgIpc) is 3.10. The molecule has 3 saturated heterocycles. The molecular formula is C21H25ClN4O3. The SMILES string of the molecule is O=C1NC2CNCCC2OC1(C(=O)N1CCCCC1)c1cn(Cl)c2ccccc12. The summed E-state index contributed by atoms with van der Waals surface area (Å²) in [6.45, 7) is 2.72. The Morgan fingerprint density at radius 3 is 2.83 bits per heavy atom. The predicted octanol–water partition coefficient (Wildman–Crippen LogP) is 1.73. The first-order valence-electron chi connectivity index (χ1n) is 10.4. The molecule has 3 unspecified atom stereocenters. The Labute approximate surface area is 174 Å². The largest absolute Gasteiger partial charge is 0.346 e. The third-order valence-electron chi connectivity index (χ3n) is 6.37. The summed E-state index contributed by atoms with van der Waals surface area (Å²) in [4.78, 5) is 29.2. The molecular weight excluding hydrogens is 392 g/mol. The molecule has 0 bridgehead atoms. The molecule has 3 fully saturated rings. The highest BCUT2D eigenvalue weighted by atomic mass is 35.5. The van der Waals surface area contributed by atoms with E-state index in [1.807, 2.05) is 24.3 Å². The van der Waals surface area contributed by atoms with E-state index in [1.165, 1.54) is 4.09 Å². The van der Waals surface area contributed by atoms with Crippen LogP contribution in [0.3, 0.4) is 0 Å². The molecule has 3 atom stereocenters. The van der Waals surface area contributed by atoms with E-state index in [9.17, 15) is 9.59 Å². The van der Waals surface area contributed by atoms with Gasteiger partial charge >= 0.3 is 0 Å². The number of carbonyl (C=O) groups is 2. The van der Waals surface area contributed by atoms with Crippen molar-refractivity contribution in [3.63, 3.8) is 0 Å². The van der Waals surface area contributed by atoms with Crippen LogP contribution >= 0.6 is 11.8 Å². The number of hydrogen-bond acceptors (Lipinski definition) is 4. The molecule has 2 N–H and O–H groups in total. The molecule has 0 aliphatic carbocycles. The zero-order chi connectivity index (χ0) is 20.0. The van der Waals surface area contributed by atoms with Crippen LogP contribution in [0, 0.1) is 0 Å². The molecule has 1 aromatic carbocycles. The minimum atomic E-state index is -1.71. The van der Waals surface area contributed by atoms with Gasteiger partial charge in [0.05, 0.1) is 17.7 Å². The minimum Gasteiger partial charge on any atom is -0.346 e. The van der Waals surface area contributed by atoms with Gasteiger partial charge in [-0.25, -0.2) is 0 Å². The van der Waals surface area contributed by atoms with Crippen molar-refractivity contribution in [3.8, 4) is 0 Å². The third-order valence-corrected chi connectivity index (χ3v) is 6.65. The van der Waals surface area contributed by atoms with Crippen molar-refractivity contribution < 1.29 is 14.3 Å². The van der Waals surface area contributed by atoms with E-state index in [-0.39, 0.29) is 18.1 Å². The zero-order valence-corrected chi connectivity index (χ0v) is 17.0. The van der Waals surface area contributed by atoms with Crippen molar-refractivity contribution >= 4 is 34.5 Å². The third kappa shape index (κ3) is 2.95. The van der Waals surface area contributed by atoms with Crippen LogP contribution in [-0.4, -0.2) is 59.1 Å². The van der Waals surface area contributed by atoms with E-state index >= 15 is 0 Å². The number of hydrogen-bond donors (Lipinski definition) is 2. The Bertz CT molecular complexity index is 955. The second kappa shape index (κ2) is 7.31. The molecule has 0 saturated carbocycles. The van der Waals surface area contributed by atoms with Crippen LogP contribution < -0.4 is 10.6 Å². The molecule has 2 amide bonds. The van der Waals surface area contributed by atoms with Gasteiger partial charge in [0.1, 0.15) is 0 Å². The van der Waals surface area contributed by atoms with Crippen LogP contribution in [0.1, 0.15) is 31.2 Å². The van der Waals surface area contributed by atoms with E-state index in [2.05, 4.69) is 10.6 Å². The van der Waals surface area contributed by atoms with Gasteiger partial charge in [0, 0.05) is 48.6 Å². The number of benzene rings is 1. The van der Waals surface area contributed by atoms with Gasteiger partial charge in [0.25, 0.3) is 17.4 Å². The average molecular weight is 417 g/mol. The molecule has 29 heavy (non-hydrogen) atoms. The molecule has 2 aromatic rings. The van der Waals surface area contributed by atoms with Crippen LogP contribution in [0.25, 0.3) is 10.9 Å². The number of piperidine rings is 2. The van der Waals surface area contributed by atoms with Gasteiger partial charge in [-0.2, -0.15) is 0 Å². The molecule has 154 valence electrons. The lowest BCUT2D eigenvalue weighted by Gasteiger charge is -2.47. The normalized spacial score (nSPS) is 30.1. The molecule has 0 spiro atoms. The number of nitrogens with one attached hydrogen (secondary N) is 2. The van der Waals surface area contributed by atoms with Crippen LogP contribution in [0.15, 0.2) is 30.5 Å². The minimum absolute atomic E-state index is 0.136. The lowest BCUT2D eigenvalue weighted by molar-refractivity contribution is -0.193. The van der Waals surface area contributed by atoms with E-state index in [4.69, 9.17) is 16.5 Å². The summed E-state index contributed by atoms with van der Waals surface area (Å²) in [6, 6.07) is 7.40. The summed E-state index contributed by atoms with van der Waals surface area (Å²) in [5.41, 5.74) is -0.442. The maximum Gasteiger partial charge on any atom is 0.269 e. The smallest absolute Gasteiger partial charge is 0.269 e. The number of morpholine rings is 1. The van der Waals surface area contributed by atoms with E-state index in [1.54, 1.807) is 11.1 Å². The maximum absolute atomic E-state index is 13.9. The number of rotatable bonds is 2. The van der Waals surface area contributed by atoms with Crippen LogP contribution in [0.4, 0.5) is 0 Å². The molecule has 3 aliphatic heterocycles. The number of fused-ring (bicyclic) bond motifs is 2. The monoisotopic (exact) mass is 416 g/mol. The van der Waals surface area contributed by atoms with Crippen LogP contribution in [0.5, 0.6) is 0 Å². The highest BCUT2D eigenvalue weighted by Gasteiger charge is 2.58. The van der Waals surface area contributed by atoms with Gasteiger partial charge in [0.2, 0.25) is 0 Å². The first kappa shape index (κ1) is 18.9. The van der Waals surface area contributed by atoms with E-state index < -0.39 is 11.5 Å². The quantitative estimate of drug-likeness (QED) is 0.731. The summed E-state index contributed by atoms with van der Waals surface area (Å²) >= 11 is 6.43. The van der Waals surface area contributed by atoms with Gasteiger partial charge in [-0.05, 0) is 38.3 Å². The number of amides is 2. The fourth-order valence-electron chi connectivity index (χ4n) is 4.86. The van der Waals surface area contributed by atoms with E-state index in [0.29, 0.717) is 25.2 Å². The number of nitrogens with zero attached hydrogens (tertiary/aromatic N) is 2. The fourth-order valence-corrected chi connectivity index (χ4v) is 5.10. The molecule has 7 nitrogen and oxygen atoms in total. The van der Waals surface area contributed by atoms with Crippen molar-refractivity contribution in [1.82, 2.24) is 19.6 Å². The lowest BCUT2D eigenvalue weighted by atomic mass is 9.85. The van der Waals surface area contributed by atoms with Gasteiger partial charge < -0.3 is 20.3 Å². The summed E-state index contributed by atoms with van der Waals surface area (Å²) in [5.74, 6) is -0.675. The highest BCUT2D eigenvalue weighted by Crippen LogP contribution is 2.40. The number of aromatic nitrogens is 1. The Balaban J connectivity index is 1.66. The molecule has 1 aromatic heterocycles. The summed E-state index contributed by atoms with van der Waals surface area (Å²) < 4.78 is 7.94.